The molecule has 0 aliphatic heterocycles. The minimum Gasteiger partial charge on any atom is -0.309 e. The molecular formula is C17H30N2. The van der Waals surface area contributed by atoms with Crippen molar-refractivity contribution in [2.24, 2.45) is 5.92 Å². The highest BCUT2D eigenvalue weighted by molar-refractivity contribution is 5.32. The highest BCUT2D eigenvalue weighted by Gasteiger charge is 2.17. The fourth-order valence-electron chi connectivity index (χ4n) is 2.73. The lowest BCUT2D eigenvalue weighted by molar-refractivity contribution is 0.220. The first kappa shape index (κ1) is 16.2. The normalized spacial score (nSPS) is 15.0. The van der Waals surface area contributed by atoms with Crippen LogP contribution in [0.4, 0.5) is 0 Å². The quantitative estimate of drug-likeness (QED) is 0.843. The number of nitrogens with one attached hydrogen (secondary N) is 1. The van der Waals surface area contributed by atoms with Crippen molar-refractivity contribution in [2.75, 3.05) is 20.6 Å². The second-order valence-corrected chi connectivity index (χ2v) is 6.26. The predicted octanol–water partition coefficient (Wildman–Crippen LogP) is 3.54. The van der Waals surface area contributed by atoms with Gasteiger partial charge in [0.15, 0.2) is 0 Å². The van der Waals surface area contributed by atoms with E-state index in [1.54, 1.807) is 0 Å². The lowest BCUT2D eigenvalue weighted by Crippen LogP contribution is -2.42. The standard InChI is InChI=1S/C17H30N2/c1-12(2)17(19(6)7)11-18-15(5)16-9-8-13(3)10-14(16)4/h8-10,12,15,17-18H,11H2,1-7H3. The number of benzene rings is 1. The first-order valence-corrected chi connectivity index (χ1v) is 7.30. The monoisotopic (exact) mass is 262 g/mol. The molecule has 2 heteroatoms. The van der Waals surface area contributed by atoms with Gasteiger partial charge in [0.1, 0.15) is 0 Å². The minimum atomic E-state index is 0.404. The van der Waals surface area contributed by atoms with Crippen molar-refractivity contribution in [1.82, 2.24) is 10.2 Å². The zero-order chi connectivity index (χ0) is 14.6. The van der Waals surface area contributed by atoms with E-state index in [1.807, 2.05) is 0 Å². The van der Waals surface area contributed by atoms with Gasteiger partial charge >= 0.3 is 0 Å². The molecule has 0 radical (unpaired) electrons. The maximum absolute atomic E-state index is 3.68. The third-order valence-corrected chi connectivity index (χ3v) is 3.96. The van der Waals surface area contributed by atoms with Crippen molar-refractivity contribution in [3.05, 3.63) is 34.9 Å². The Hall–Kier alpha value is -0.860. The molecule has 1 aromatic rings. The highest BCUT2D eigenvalue weighted by Crippen LogP contribution is 2.19. The number of nitrogens with zero attached hydrogens (tertiary/aromatic N) is 1. The molecule has 1 N–H and O–H groups in total. The van der Waals surface area contributed by atoms with E-state index in [1.165, 1.54) is 16.7 Å². The lowest BCUT2D eigenvalue weighted by atomic mass is 9.99. The topological polar surface area (TPSA) is 15.3 Å². The summed E-state index contributed by atoms with van der Waals surface area (Å²) in [5.74, 6) is 0.661. The molecule has 19 heavy (non-hydrogen) atoms. The molecule has 1 rings (SSSR count). The van der Waals surface area contributed by atoms with Crippen LogP contribution in [0.3, 0.4) is 0 Å². The zero-order valence-corrected chi connectivity index (χ0v) is 13.6. The Balaban J connectivity index is 2.66. The van der Waals surface area contributed by atoms with Gasteiger partial charge in [0.25, 0.3) is 0 Å². The molecule has 2 unspecified atom stereocenters. The van der Waals surface area contributed by atoms with Crippen LogP contribution in [-0.2, 0) is 0 Å². The van der Waals surface area contributed by atoms with Crippen LogP contribution in [0.2, 0.25) is 0 Å². The van der Waals surface area contributed by atoms with Gasteiger partial charge in [-0.2, -0.15) is 0 Å². The fraction of sp³-hybridized carbons (Fsp3) is 0.647. The maximum atomic E-state index is 3.68. The Morgan fingerprint density at radius 1 is 1.11 bits per heavy atom. The summed E-state index contributed by atoms with van der Waals surface area (Å²) in [6, 6.07) is 7.70. The van der Waals surface area contributed by atoms with E-state index in [4.69, 9.17) is 0 Å². The summed E-state index contributed by atoms with van der Waals surface area (Å²) in [7, 11) is 4.32. The molecule has 2 atom stereocenters. The first-order valence-electron chi connectivity index (χ1n) is 7.30. The molecule has 0 bridgehead atoms. The summed E-state index contributed by atoms with van der Waals surface area (Å²) >= 11 is 0. The molecule has 0 aromatic heterocycles. The average Bonchev–Trinajstić information content (AvgIpc) is 2.27. The Labute approximate surface area is 119 Å². The Bertz CT molecular complexity index is 388. The largest absolute Gasteiger partial charge is 0.309 e. The summed E-state index contributed by atoms with van der Waals surface area (Å²) in [4.78, 5) is 2.31. The van der Waals surface area contributed by atoms with Crippen molar-refractivity contribution in [3.63, 3.8) is 0 Å². The van der Waals surface area contributed by atoms with E-state index in [-0.39, 0.29) is 0 Å². The SMILES string of the molecule is Cc1ccc(C(C)NCC(C(C)C)N(C)C)c(C)c1. The molecule has 0 spiro atoms. The minimum absolute atomic E-state index is 0.404. The third-order valence-electron chi connectivity index (χ3n) is 3.96. The Morgan fingerprint density at radius 3 is 2.21 bits per heavy atom. The van der Waals surface area contributed by atoms with Gasteiger partial charge in [-0.15, -0.1) is 0 Å². The van der Waals surface area contributed by atoms with Crippen LogP contribution in [0.5, 0.6) is 0 Å². The van der Waals surface area contributed by atoms with Crippen LogP contribution < -0.4 is 5.32 Å². The van der Waals surface area contributed by atoms with Crippen LogP contribution in [0.15, 0.2) is 18.2 Å². The summed E-state index contributed by atoms with van der Waals surface area (Å²) in [5.41, 5.74) is 4.12. The van der Waals surface area contributed by atoms with E-state index >= 15 is 0 Å². The molecular weight excluding hydrogens is 232 g/mol. The molecule has 1 aromatic carbocycles. The summed E-state index contributed by atoms with van der Waals surface area (Å²) in [6.07, 6.45) is 0. The van der Waals surface area contributed by atoms with Gasteiger partial charge in [-0.3, -0.25) is 0 Å². The van der Waals surface area contributed by atoms with E-state index in [0.29, 0.717) is 18.0 Å². The van der Waals surface area contributed by atoms with E-state index < -0.39 is 0 Å². The van der Waals surface area contributed by atoms with Gasteiger partial charge < -0.3 is 10.2 Å². The summed E-state index contributed by atoms with van der Waals surface area (Å²) in [5, 5.41) is 3.68. The van der Waals surface area contributed by atoms with E-state index in [9.17, 15) is 0 Å². The van der Waals surface area contributed by atoms with E-state index in [2.05, 4.69) is 77.1 Å². The molecule has 0 aliphatic rings. The van der Waals surface area contributed by atoms with E-state index in [0.717, 1.165) is 6.54 Å². The molecule has 0 amide bonds. The van der Waals surface area contributed by atoms with Crippen LogP contribution in [0.1, 0.15) is 43.5 Å². The Kier molecular flexibility index (Phi) is 6.02. The van der Waals surface area contributed by atoms with Crippen molar-refractivity contribution >= 4 is 0 Å². The molecule has 0 saturated carbocycles. The smallest absolute Gasteiger partial charge is 0.0295 e. The van der Waals surface area contributed by atoms with Crippen LogP contribution in [0.25, 0.3) is 0 Å². The van der Waals surface area contributed by atoms with Crippen molar-refractivity contribution in [1.29, 1.82) is 0 Å². The second kappa shape index (κ2) is 7.06. The van der Waals surface area contributed by atoms with Gasteiger partial charge in [0.2, 0.25) is 0 Å². The number of hydrogen-bond acceptors (Lipinski definition) is 2. The van der Waals surface area contributed by atoms with Gasteiger partial charge in [0, 0.05) is 18.6 Å². The molecule has 0 aliphatic carbocycles. The maximum Gasteiger partial charge on any atom is 0.0295 e. The predicted molar refractivity (Wildman–Crippen MR) is 84.6 cm³/mol. The average molecular weight is 262 g/mol. The van der Waals surface area contributed by atoms with Gasteiger partial charge in [-0.25, -0.2) is 0 Å². The molecule has 0 fully saturated rings. The number of likely N-dealkylation sites (N-methyl/N-ethyl adjacent to an activating group) is 1. The zero-order valence-electron chi connectivity index (χ0n) is 13.6. The number of rotatable bonds is 6. The number of aryl methyl sites for hydroxylation is 2. The summed E-state index contributed by atoms with van der Waals surface area (Å²) in [6.45, 7) is 12.2. The Morgan fingerprint density at radius 2 is 1.74 bits per heavy atom. The first-order chi connectivity index (χ1) is 8.82. The fourth-order valence-corrected chi connectivity index (χ4v) is 2.73. The number of hydrogen-bond donors (Lipinski definition) is 1. The lowest BCUT2D eigenvalue weighted by Gasteiger charge is -2.30. The van der Waals surface area contributed by atoms with Crippen LogP contribution in [0, 0.1) is 19.8 Å². The van der Waals surface area contributed by atoms with Crippen molar-refractivity contribution in [2.45, 2.75) is 46.7 Å². The highest BCUT2D eigenvalue weighted by atomic mass is 15.1. The van der Waals surface area contributed by atoms with Crippen molar-refractivity contribution in [3.8, 4) is 0 Å². The van der Waals surface area contributed by atoms with Gasteiger partial charge in [-0.05, 0) is 51.9 Å². The molecule has 108 valence electrons. The van der Waals surface area contributed by atoms with Crippen molar-refractivity contribution < 1.29 is 0 Å². The van der Waals surface area contributed by atoms with Gasteiger partial charge in [0.05, 0.1) is 0 Å². The second-order valence-electron chi connectivity index (χ2n) is 6.26. The van der Waals surface area contributed by atoms with Crippen LogP contribution in [-0.4, -0.2) is 31.6 Å². The molecule has 0 heterocycles. The third kappa shape index (κ3) is 4.63. The summed E-state index contributed by atoms with van der Waals surface area (Å²) < 4.78 is 0. The molecule has 0 saturated heterocycles. The molecule has 2 nitrogen and oxygen atoms in total. The van der Waals surface area contributed by atoms with Gasteiger partial charge in [-0.1, -0.05) is 37.6 Å². The van der Waals surface area contributed by atoms with Crippen LogP contribution >= 0.6 is 0 Å².